The molecule has 0 fully saturated rings. The molecule has 0 aliphatic heterocycles. The van der Waals surface area contributed by atoms with Gasteiger partial charge in [0.25, 0.3) is 0 Å². The van der Waals surface area contributed by atoms with Gasteiger partial charge in [0.2, 0.25) is 5.91 Å². The van der Waals surface area contributed by atoms with E-state index in [-0.39, 0.29) is 5.91 Å². The van der Waals surface area contributed by atoms with Crippen molar-refractivity contribution in [1.29, 1.82) is 0 Å². The van der Waals surface area contributed by atoms with Crippen molar-refractivity contribution in [1.82, 2.24) is 5.32 Å². The Morgan fingerprint density at radius 1 is 1.27 bits per heavy atom. The lowest BCUT2D eigenvalue weighted by molar-refractivity contribution is -0.120. The lowest BCUT2D eigenvalue weighted by Gasteiger charge is -2.08. The van der Waals surface area contributed by atoms with Gasteiger partial charge in [0.05, 0.1) is 6.42 Å². The van der Waals surface area contributed by atoms with Crippen molar-refractivity contribution in [3.05, 3.63) is 66.8 Å². The van der Waals surface area contributed by atoms with Gasteiger partial charge in [-0.2, -0.15) is 0 Å². The normalized spacial score (nSPS) is 10.9. The number of nitrogens with one attached hydrogen (secondary N) is 1. The zero-order valence-corrected chi connectivity index (χ0v) is 13.3. The first-order chi connectivity index (χ1) is 10.7. The summed E-state index contributed by atoms with van der Waals surface area (Å²) in [5.74, 6) is 0.830. The third-order valence-electron chi connectivity index (χ3n) is 3.14. The molecule has 0 spiro atoms. The van der Waals surface area contributed by atoms with Gasteiger partial charge >= 0.3 is 0 Å². The second-order valence-electron chi connectivity index (χ2n) is 4.99. The Kier molecular flexibility index (Phi) is 8.43. The minimum absolute atomic E-state index is 0.0602. The van der Waals surface area contributed by atoms with Gasteiger partial charge in [0.1, 0.15) is 12.4 Å². The smallest absolute Gasteiger partial charge is 0.224 e. The van der Waals surface area contributed by atoms with Crippen LogP contribution < -0.4 is 10.1 Å². The monoisotopic (exact) mass is 299 g/mol. The van der Waals surface area contributed by atoms with Gasteiger partial charge < -0.3 is 10.1 Å². The first kappa shape index (κ1) is 17.8. The average molecular weight is 299 g/mol. The Bertz CT molecular complexity index is 515. The summed E-state index contributed by atoms with van der Waals surface area (Å²) in [4.78, 5) is 11.7. The van der Waals surface area contributed by atoms with Gasteiger partial charge in [-0.05, 0) is 29.7 Å². The minimum Gasteiger partial charge on any atom is -0.489 e. The molecule has 0 saturated heterocycles. The Morgan fingerprint density at radius 2 is 2.00 bits per heavy atom. The van der Waals surface area contributed by atoms with Crippen molar-refractivity contribution in [2.24, 2.45) is 0 Å². The number of hydrogen-bond donors (Lipinski definition) is 1. The maximum Gasteiger partial charge on any atom is 0.224 e. The van der Waals surface area contributed by atoms with E-state index in [1.54, 1.807) is 12.2 Å². The summed E-state index contributed by atoms with van der Waals surface area (Å²) in [6.45, 7) is 10.7. The summed E-state index contributed by atoms with van der Waals surface area (Å²) in [5.41, 5.74) is 1.95. The fraction of sp³-hybridized carbons (Fsp3) is 0.316. The van der Waals surface area contributed by atoms with E-state index in [2.05, 4.69) is 25.4 Å². The van der Waals surface area contributed by atoms with Crippen LogP contribution in [-0.2, 0) is 11.2 Å². The molecule has 0 aliphatic rings. The quantitative estimate of drug-likeness (QED) is 0.527. The van der Waals surface area contributed by atoms with Crippen LogP contribution in [0, 0.1) is 0 Å². The molecular weight excluding hydrogens is 274 g/mol. The predicted molar refractivity (Wildman–Crippen MR) is 92.0 cm³/mol. The molecule has 0 unspecified atom stereocenters. The van der Waals surface area contributed by atoms with Crippen LogP contribution in [0.15, 0.2) is 61.2 Å². The number of allylic oxidation sites excluding steroid dienone is 2. The van der Waals surface area contributed by atoms with Gasteiger partial charge in [0.15, 0.2) is 0 Å². The number of hydrogen-bond acceptors (Lipinski definition) is 2. The van der Waals surface area contributed by atoms with E-state index in [1.165, 1.54) is 0 Å². The van der Waals surface area contributed by atoms with Crippen LogP contribution in [0.5, 0.6) is 5.75 Å². The van der Waals surface area contributed by atoms with Crippen LogP contribution in [0.3, 0.4) is 0 Å². The molecule has 1 aromatic rings. The second kappa shape index (κ2) is 10.4. The van der Waals surface area contributed by atoms with Crippen LogP contribution in [0.1, 0.15) is 25.3 Å². The Hall–Kier alpha value is -2.29. The molecule has 0 aliphatic carbocycles. The fourth-order valence-corrected chi connectivity index (χ4v) is 1.85. The summed E-state index contributed by atoms with van der Waals surface area (Å²) < 4.78 is 5.66. The minimum atomic E-state index is 0.0602. The standard InChI is InChI=1S/C19H25NO2/c1-4-7-13-20-19(21)14-17-9-11-18(12-10-17)22-15-16(6-3)8-5-2/h5-6,8-12H,2-4,7,13-15H2,1H3,(H,20,21)/b16-8+. The number of rotatable bonds is 10. The predicted octanol–water partition coefficient (Wildman–Crippen LogP) is 3.82. The van der Waals surface area contributed by atoms with E-state index in [4.69, 9.17) is 4.74 Å². The molecule has 22 heavy (non-hydrogen) atoms. The Labute approximate surface area is 133 Å². The molecule has 1 rings (SSSR count). The van der Waals surface area contributed by atoms with Crippen molar-refractivity contribution in [2.75, 3.05) is 13.2 Å². The number of benzene rings is 1. The van der Waals surface area contributed by atoms with E-state index in [0.29, 0.717) is 13.0 Å². The Balaban J connectivity index is 2.45. The molecule has 0 aromatic heterocycles. The maximum absolute atomic E-state index is 11.7. The number of unbranched alkanes of at least 4 members (excludes halogenated alkanes) is 1. The van der Waals surface area contributed by atoms with Gasteiger partial charge in [-0.3, -0.25) is 4.79 Å². The van der Waals surface area contributed by atoms with E-state index in [0.717, 1.165) is 36.3 Å². The number of carbonyl (C=O) groups is 1. The maximum atomic E-state index is 11.7. The summed E-state index contributed by atoms with van der Waals surface area (Å²) in [6, 6.07) is 7.59. The SMILES string of the molecule is C=C/C=C(\C=C)COc1ccc(CC(=O)NCCCC)cc1. The number of ether oxygens (including phenoxy) is 1. The molecule has 118 valence electrons. The third kappa shape index (κ3) is 6.93. The van der Waals surface area contributed by atoms with Crippen LogP contribution in [0.4, 0.5) is 0 Å². The average Bonchev–Trinajstić information content (AvgIpc) is 2.53. The lowest BCUT2D eigenvalue weighted by atomic mass is 10.1. The largest absolute Gasteiger partial charge is 0.489 e. The third-order valence-corrected chi connectivity index (χ3v) is 3.14. The second-order valence-corrected chi connectivity index (χ2v) is 4.99. The molecule has 3 nitrogen and oxygen atoms in total. The zero-order valence-electron chi connectivity index (χ0n) is 13.3. The first-order valence-corrected chi connectivity index (χ1v) is 7.62. The van der Waals surface area contributed by atoms with Gasteiger partial charge in [0, 0.05) is 6.54 Å². The van der Waals surface area contributed by atoms with Crippen molar-refractivity contribution in [3.63, 3.8) is 0 Å². The number of carbonyl (C=O) groups excluding carboxylic acids is 1. The van der Waals surface area contributed by atoms with Crippen LogP contribution in [0.2, 0.25) is 0 Å². The molecule has 0 heterocycles. The summed E-state index contributed by atoms with van der Waals surface area (Å²) in [5, 5.41) is 2.91. The first-order valence-electron chi connectivity index (χ1n) is 7.62. The van der Waals surface area contributed by atoms with Crippen molar-refractivity contribution in [3.8, 4) is 5.75 Å². The summed E-state index contributed by atoms with van der Waals surface area (Å²) in [6.07, 6.45) is 7.82. The molecule has 0 saturated carbocycles. The highest BCUT2D eigenvalue weighted by atomic mass is 16.5. The van der Waals surface area contributed by atoms with E-state index in [1.807, 2.05) is 30.3 Å². The summed E-state index contributed by atoms with van der Waals surface area (Å²) >= 11 is 0. The molecule has 3 heteroatoms. The fourth-order valence-electron chi connectivity index (χ4n) is 1.85. The lowest BCUT2D eigenvalue weighted by Crippen LogP contribution is -2.25. The topological polar surface area (TPSA) is 38.3 Å². The van der Waals surface area contributed by atoms with E-state index >= 15 is 0 Å². The highest BCUT2D eigenvalue weighted by Gasteiger charge is 2.03. The van der Waals surface area contributed by atoms with Gasteiger partial charge in [-0.15, -0.1) is 0 Å². The molecule has 0 bridgehead atoms. The highest BCUT2D eigenvalue weighted by molar-refractivity contribution is 5.78. The molecule has 1 aromatic carbocycles. The number of amides is 1. The molecule has 1 amide bonds. The van der Waals surface area contributed by atoms with Crippen LogP contribution in [0.25, 0.3) is 0 Å². The van der Waals surface area contributed by atoms with Crippen molar-refractivity contribution < 1.29 is 9.53 Å². The molecular formula is C19H25NO2. The van der Waals surface area contributed by atoms with Crippen molar-refractivity contribution >= 4 is 5.91 Å². The zero-order chi connectivity index (χ0) is 16.2. The van der Waals surface area contributed by atoms with Crippen LogP contribution in [-0.4, -0.2) is 19.1 Å². The Morgan fingerprint density at radius 3 is 2.59 bits per heavy atom. The van der Waals surface area contributed by atoms with Crippen LogP contribution >= 0.6 is 0 Å². The molecule has 0 radical (unpaired) electrons. The van der Waals surface area contributed by atoms with E-state index in [9.17, 15) is 4.79 Å². The summed E-state index contributed by atoms with van der Waals surface area (Å²) in [7, 11) is 0. The molecule has 0 atom stereocenters. The van der Waals surface area contributed by atoms with Crippen molar-refractivity contribution in [2.45, 2.75) is 26.2 Å². The highest BCUT2D eigenvalue weighted by Crippen LogP contribution is 2.14. The van der Waals surface area contributed by atoms with Gasteiger partial charge in [-0.25, -0.2) is 0 Å². The van der Waals surface area contributed by atoms with E-state index < -0.39 is 0 Å². The molecule has 1 N–H and O–H groups in total. The van der Waals surface area contributed by atoms with Gasteiger partial charge in [-0.1, -0.05) is 56.9 Å².